The molecule has 1 aliphatic rings. The number of hydrogen-bond donors (Lipinski definition) is 0. The van der Waals surface area contributed by atoms with E-state index in [2.05, 4.69) is 14.6 Å². The molecule has 2 heterocycles. The second-order valence-corrected chi connectivity index (χ2v) is 7.87. The van der Waals surface area contributed by atoms with Gasteiger partial charge in [0.05, 0.1) is 20.8 Å². The lowest BCUT2D eigenvalue weighted by atomic mass is 9.97. The fourth-order valence-corrected chi connectivity index (χ4v) is 3.84. The van der Waals surface area contributed by atoms with Crippen molar-refractivity contribution in [1.29, 1.82) is 0 Å². The number of ether oxygens (including phenoxy) is 2. The summed E-state index contributed by atoms with van der Waals surface area (Å²) < 4.78 is 15.3. The lowest BCUT2D eigenvalue weighted by Crippen LogP contribution is -2.47. The second kappa shape index (κ2) is 10.8. The number of benzene rings is 2. The van der Waals surface area contributed by atoms with Crippen molar-refractivity contribution in [3.63, 3.8) is 0 Å². The summed E-state index contributed by atoms with van der Waals surface area (Å²) in [6, 6.07) is 17.6. The van der Waals surface area contributed by atoms with Gasteiger partial charge in [0.2, 0.25) is 11.8 Å². The first-order valence-electron chi connectivity index (χ1n) is 11.0. The van der Waals surface area contributed by atoms with E-state index in [1.807, 2.05) is 59.5 Å². The fraction of sp³-hybridized carbons (Fsp3) is 0.269. The number of esters is 1. The van der Waals surface area contributed by atoms with Gasteiger partial charge < -0.3 is 18.8 Å². The quantitative estimate of drug-likeness (QED) is 0.394. The topological polar surface area (TPSA) is 85.1 Å². The Morgan fingerprint density at radius 3 is 2.29 bits per heavy atom. The number of amides is 1. The third kappa shape index (κ3) is 5.52. The first-order valence-corrected chi connectivity index (χ1v) is 11.0. The molecule has 8 nitrogen and oxygen atoms in total. The lowest BCUT2D eigenvalue weighted by molar-refractivity contribution is -0.127. The van der Waals surface area contributed by atoms with Crippen LogP contribution < -0.4 is 4.74 Å². The van der Waals surface area contributed by atoms with Gasteiger partial charge in [0, 0.05) is 32.3 Å². The second-order valence-electron chi connectivity index (χ2n) is 7.87. The number of hydrogen-bond acceptors (Lipinski definition) is 7. The van der Waals surface area contributed by atoms with Crippen molar-refractivity contribution >= 4 is 17.4 Å². The number of methoxy groups -OCH3 is 2. The molecule has 1 fully saturated rings. The fourth-order valence-electron chi connectivity index (χ4n) is 3.84. The third-order valence-electron chi connectivity index (χ3n) is 5.74. The van der Waals surface area contributed by atoms with Crippen molar-refractivity contribution < 1.29 is 23.5 Å². The molecule has 1 aliphatic heterocycles. The minimum atomic E-state index is -0.525. The summed E-state index contributed by atoms with van der Waals surface area (Å²) >= 11 is 0. The molecule has 0 atom stereocenters. The third-order valence-corrected chi connectivity index (χ3v) is 5.74. The Balaban J connectivity index is 1.43. The van der Waals surface area contributed by atoms with Crippen LogP contribution in [0.1, 0.15) is 27.5 Å². The Morgan fingerprint density at radius 2 is 1.65 bits per heavy atom. The van der Waals surface area contributed by atoms with E-state index in [-0.39, 0.29) is 11.6 Å². The van der Waals surface area contributed by atoms with Gasteiger partial charge in [-0.3, -0.25) is 9.69 Å². The van der Waals surface area contributed by atoms with Gasteiger partial charge in [0.1, 0.15) is 12.0 Å². The van der Waals surface area contributed by atoms with Crippen LogP contribution >= 0.6 is 0 Å². The minimum absolute atomic E-state index is 0.0292. The van der Waals surface area contributed by atoms with Crippen LogP contribution in [0.15, 0.2) is 71.4 Å². The van der Waals surface area contributed by atoms with E-state index >= 15 is 0 Å². The predicted molar refractivity (Wildman–Crippen MR) is 126 cm³/mol. The molecule has 2 aromatic carbocycles. The summed E-state index contributed by atoms with van der Waals surface area (Å²) in [5.41, 5.74) is 2.95. The number of aromatic nitrogens is 1. The molecular formula is C26H27N3O5. The molecule has 0 unspecified atom stereocenters. The van der Waals surface area contributed by atoms with Crippen LogP contribution in [0.4, 0.5) is 0 Å². The van der Waals surface area contributed by atoms with Crippen molar-refractivity contribution in [3.05, 3.63) is 89.6 Å². The Bertz CT molecular complexity index is 1150. The van der Waals surface area contributed by atoms with E-state index in [0.29, 0.717) is 38.6 Å². The van der Waals surface area contributed by atoms with Crippen LogP contribution in [0.3, 0.4) is 0 Å². The molecule has 3 aromatic rings. The van der Waals surface area contributed by atoms with Crippen LogP contribution in [0, 0.1) is 0 Å². The van der Waals surface area contributed by atoms with E-state index in [4.69, 9.17) is 9.15 Å². The average Bonchev–Trinajstić information content (AvgIpc) is 3.36. The highest BCUT2D eigenvalue weighted by Crippen LogP contribution is 2.26. The molecule has 34 heavy (non-hydrogen) atoms. The normalized spacial score (nSPS) is 14.6. The summed E-state index contributed by atoms with van der Waals surface area (Å²) in [7, 11) is 2.94. The maximum absolute atomic E-state index is 13.2. The van der Waals surface area contributed by atoms with Gasteiger partial charge in [-0.05, 0) is 28.8 Å². The Hall–Kier alpha value is -3.91. The van der Waals surface area contributed by atoms with E-state index < -0.39 is 5.97 Å². The van der Waals surface area contributed by atoms with E-state index in [0.717, 1.165) is 22.4 Å². The number of nitrogens with zero attached hydrogens (tertiary/aromatic N) is 3. The highest BCUT2D eigenvalue weighted by molar-refractivity contribution is 5.99. The minimum Gasteiger partial charge on any atom is -0.497 e. The molecule has 0 bridgehead atoms. The Kier molecular flexibility index (Phi) is 7.39. The Morgan fingerprint density at radius 1 is 0.971 bits per heavy atom. The van der Waals surface area contributed by atoms with Crippen LogP contribution in [0.2, 0.25) is 0 Å². The van der Waals surface area contributed by atoms with E-state index in [9.17, 15) is 9.59 Å². The Labute approximate surface area is 198 Å². The summed E-state index contributed by atoms with van der Waals surface area (Å²) in [5.74, 6) is 0.663. The van der Waals surface area contributed by atoms with Gasteiger partial charge in [-0.1, -0.05) is 42.5 Å². The van der Waals surface area contributed by atoms with E-state index in [1.165, 1.54) is 13.4 Å². The van der Waals surface area contributed by atoms with Crippen molar-refractivity contribution in [2.45, 2.75) is 6.54 Å². The maximum atomic E-state index is 13.2. The molecule has 8 heteroatoms. The summed E-state index contributed by atoms with van der Waals surface area (Å²) in [5, 5.41) is 0. The SMILES string of the molecule is COC(=O)c1coc(CN2CCN(C(=O)C=C(c3ccccc3)c3ccc(OC)cc3)CC2)n1. The van der Waals surface area contributed by atoms with Crippen molar-refractivity contribution in [1.82, 2.24) is 14.8 Å². The molecule has 1 amide bonds. The molecule has 1 saturated heterocycles. The summed E-state index contributed by atoms with van der Waals surface area (Å²) in [6.45, 7) is 3.00. The number of piperazine rings is 1. The van der Waals surface area contributed by atoms with Crippen LogP contribution in [-0.4, -0.2) is 67.1 Å². The predicted octanol–water partition coefficient (Wildman–Crippen LogP) is 3.25. The zero-order chi connectivity index (χ0) is 23.9. The highest BCUT2D eigenvalue weighted by atomic mass is 16.5. The number of oxazole rings is 1. The van der Waals surface area contributed by atoms with Gasteiger partial charge in [-0.25, -0.2) is 9.78 Å². The zero-order valence-electron chi connectivity index (χ0n) is 19.3. The van der Waals surface area contributed by atoms with Gasteiger partial charge in [-0.2, -0.15) is 0 Å². The lowest BCUT2D eigenvalue weighted by Gasteiger charge is -2.33. The summed E-state index contributed by atoms with van der Waals surface area (Å²) in [4.78, 5) is 32.9. The first-order chi connectivity index (χ1) is 16.6. The zero-order valence-corrected chi connectivity index (χ0v) is 19.3. The number of carbonyl (C=O) groups is 2. The molecule has 0 saturated carbocycles. The van der Waals surface area contributed by atoms with E-state index in [1.54, 1.807) is 13.2 Å². The summed E-state index contributed by atoms with van der Waals surface area (Å²) in [6.07, 6.45) is 3.01. The monoisotopic (exact) mass is 461 g/mol. The molecule has 176 valence electrons. The van der Waals surface area contributed by atoms with Crippen LogP contribution in [0.25, 0.3) is 5.57 Å². The molecule has 0 spiro atoms. The van der Waals surface area contributed by atoms with Crippen LogP contribution in [0.5, 0.6) is 5.75 Å². The van der Waals surface area contributed by atoms with Crippen molar-refractivity contribution in [2.24, 2.45) is 0 Å². The van der Waals surface area contributed by atoms with Gasteiger partial charge >= 0.3 is 5.97 Å². The molecule has 0 N–H and O–H groups in total. The first kappa shape index (κ1) is 23.3. The van der Waals surface area contributed by atoms with Gasteiger partial charge in [-0.15, -0.1) is 0 Å². The molecule has 0 radical (unpaired) electrons. The van der Waals surface area contributed by atoms with Crippen molar-refractivity contribution in [2.75, 3.05) is 40.4 Å². The molecule has 4 rings (SSSR count). The maximum Gasteiger partial charge on any atom is 0.360 e. The highest BCUT2D eigenvalue weighted by Gasteiger charge is 2.23. The van der Waals surface area contributed by atoms with Gasteiger partial charge in [0.25, 0.3) is 0 Å². The smallest absolute Gasteiger partial charge is 0.360 e. The van der Waals surface area contributed by atoms with Crippen LogP contribution in [-0.2, 0) is 16.1 Å². The standard InChI is InChI=1S/C26H27N3O5/c1-32-21-10-8-20(9-11-21)22(19-6-4-3-5-7-19)16-25(30)29-14-12-28(13-15-29)17-24-27-23(18-34-24)26(31)33-2/h3-11,16,18H,12-15,17H2,1-2H3. The molecule has 0 aliphatic carbocycles. The molecule has 1 aromatic heterocycles. The average molecular weight is 462 g/mol. The largest absolute Gasteiger partial charge is 0.497 e. The van der Waals surface area contributed by atoms with Crippen molar-refractivity contribution in [3.8, 4) is 5.75 Å². The number of carbonyl (C=O) groups excluding carboxylic acids is 2. The molecular weight excluding hydrogens is 434 g/mol. The number of rotatable bonds is 7. The van der Waals surface area contributed by atoms with Gasteiger partial charge in [0.15, 0.2) is 5.69 Å².